The molecule has 4 saturated carbocycles. The van der Waals surface area contributed by atoms with Gasteiger partial charge in [-0.25, -0.2) is 15.0 Å². The summed E-state index contributed by atoms with van der Waals surface area (Å²) in [6.07, 6.45) is 6.90. The van der Waals surface area contributed by atoms with Crippen LogP contribution in [-0.2, 0) is 5.41 Å². The van der Waals surface area contributed by atoms with Crippen molar-refractivity contribution in [1.29, 1.82) is 0 Å². The minimum absolute atomic E-state index is 0.0671. The lowest BCUT2D eigenvalue weighted by atomic mass is 9.43. The summed E-state index contributed by atoms with van der Waals surface area (Å²) in [7, 11) is 0. The Kier molecular flexibility index (Phi) is 7.11. The third kappa shape index (κ3) is 4.79. The van der Waals surface area contributed by atoms with Gasteiger partial charge in [-0.05, 0) is 123 Å². The molecule has 8 aromatic rings. The van der Waals surface area contributed by atoms with Crippen LogP contribution >= 0.6 is 0 Å². The zero-order chi connectivity index (χ0) is 36.8. The third-order valence-corrected chi connectivity index (χ3v) is 13.9. The number of hydrogen-bond donors (Lipinski definition) is 0. The molecule has 0 radical (unpaired) electrons. The van der Waals surface area contributed by atoms with Crippen molar-refractivity contribution >= 4 is 10.8 Å². The Balaban J connectivity index is 1.04. The second-order valence-corrected chi connectivity index (χ2v) is 16.8. The average molecular weight is 720 g/mol. The molecule has 5 aliphatic carbocycles. The van der Waals surface area contributed by atoms with Crippen LogP contribution in [-0.4, -0.2) is 15.0 Å². The van der Waals surface area contributed by atoms with Gasteiger partial charge >= 0.3 is 0 Å². The molecule has 4 bridgehead atoms. The molecule has 0 unspecified atom stereocenters. The van der Waals surface area contributed by atoms with Gasteiger partial charge in [0.05, 0.1) is 0 Å². The first-order chi connectivity index (χ1) is 27.7. The number of rotatable bonds is 5. The van der Waals surface area contributed by atoms with Crippen LogP contribution in [0.5, 0.6) is 0 Å². The van der Waals surface area contributed by atoms with E-state index in [0.717, 1.165) is 39.7 Å². The van der Waals surface area contributed by atoms with Crippen molar-refractivity contribution in [2.75, 3.05) is 0 Å². The first-order valence-corrected chi connectivity index (χ1v) is 20.4. The van der Waals surface area contributed by atoms with Crippen molar-refractivity contribution < 1.29 is 0 Å². The van der Waals surface area contributed by atoms with Crippen molar-refractivity contribution in [1.82, 2.24) is 15.0 Å². The highest BCUT2D eigenvalue weighted by Gasteiger charge is 2.61. The minimum atomic E-state index is 0.0671. The second kappa shape index (κ2) is 12.4. The molecule has 1 spiro atoms. The topological polar surface area (TPSA) is 38.7 Å². The zero-order valence-corrected chi connectivity index (χ0v) is 31.3. The summed E-state index contributed by atoms with van der Waals surface area (Å²) in [5.41, 5.74) is 13.8. The van der Waals surface area contributed by atoms with Gasteiger partial charge in [0, 0.05) is 22.1 Å². The van der Waals surface area contributed by atoms with Crippen molar-refractivity contribution in [3.05, 3.63) is 175 Å². The summed E-state index contributed by atoms with van der Waals surface area (Å²) in [5, 5.41) is 2.73. The lowest BCUT2D eigenvalue weighted by molar-refractivity contribution is -0.0399. The Morgan fingerprint density at radius 3 is 1.75 bits per heavy atom. The number of nitrogens with zero attached hydrogens (tertiary/aromatic N) is 3. The molecule has 1 heterocycles. The highest BCUT2D eigenvalue weighted by atomic mass is 15.0. The summed E-state index contributed by atoms with van der Waals surface area (Å²) >= 11 is 0. The molecule has 3 nitrogen and oxygen atoms in total. The predicted octanol–water partition coefficient (Wildman–Crippen LogP) is 13.1. The summed E-state index contributed by atoms with van der Waals surface area (Å²) < 4.78 is 0. The minimum Gasteiger partial charge on any atom is -0.208 e. The van der Waals surface area contributed by atoms with Crippen LogP contribution in [0.4, 0.5) is 0 Å². The molecule has 0 amide bonds. The molecule has 5 aliphatic rings. The van der Waals surface area contributed by atoms with E-state index in [9.17, 15) is 0 Å². The van der Waals surface area contributed by atoms with E-state index in [2.05, 4.69) is 146 Å². The first-order valence-electron chi connectivity index (χ1n) is 20.4. The van der Waals surface area contributed by atoms with Gasteiger partial charge in [-0.3, -0.25) is 0 Å². The number of benzene rings is 7. The van der Waals surface area contributed by atoms with E-state index in [4.69, 9.17) is 15.0 Å². The summed E-state index contributed by atoms with van der Waals surface area (Å²) in [6, 6.07) is 59.5. The van der Waals surface area contributed by atoms with E-state index >= 15 is 0 Å². The monoisotopic (exact) mass is 719 g/mol. The Labute approximate surface area is 328 Å². The molecule has 1 aromatic heterocycles. The van der Waals surface area contributed by atoms with Crippen LogP contribution in [0, 0.1) is 23.7 Å². The zero-order valence-electron chi connectivity index (χ0n) is 31.3. The van der Waals surface area contributed by atoms with E-state index in [-0.39, 0.29) is 5.41 Å². The molecule has 3 heteroatoms. The van der Waals surface area contributed by atoms with Gasteiger partial charge in [0.25, 0.3) is 0 Å². The van der Waals surface area contributed by atoms with Crippen molar-refractivity contribution in [3.63, 3.8) is 0 Å². The Hall–Kier alpha value is -6.19. The molecule has 0 atom stereocenters. The predicted molar refractivity (Wildman–Crippen MR) is 228 cm³/mol. The SMILES string of the molecule is c1ccc(-c2cccc(-c3nc(-c4ccccc4)nc(-c4ccccc4-c4ccc5c(c4)C4(c6ccc7ccccc7c6-5)C5CC6CC(C5)CC4C6)n3)c2)cc1. The number of aromatic nitrogens is 3. The third-order valence-electron chi connectivity index (χ3n) is 13.9. The second-order valence-electron chi connectivity index (χ2n) is 16.8. The van der Waals surface area contributed by atoms with Gasteiger partial charge in [-0.2, -0.15) is 0 Å². The van der Waals surface area contributed by atoms with E-state index in [1.54, 1.807) is 11.1 Å². The van der Waals surface area contributed by atoms with Crippen LogP contribution in [0.3, 0.4) is 0 Å². The van der Waals surface area contributed by atoms with Crippen LogP contribution in [0.25, 0.3) is 78.3 Å². The normalized spacial score (nSPS) is 22.7. The summed E-state index contributed by atoms with van der Waals surface area (Å²) in [4.78, 5) is 15.6. The van der Waals surface area contributed by atoms with Gasteiger partial charge in [0.15, 0.2) is 17.5 Å². The molecule has 56 heavy (non-hydrogen) atoms. The van der Waals surface area contributed by atoms with Crippen LogP contribution in [0.1, 0.15) is 43.2 Å². The van der Waals surface area contributed by atoms with Crippen LogP contribution < -0.4 is 0 Å². The highest BCUT2D eigenvalue weighted by molar-refractivity contribution is 6.03. The number of fused-ring (bicyclic) bond motifs is 5. The smallest absolute Gasteiger partial charge is 0.164 e. The summed E-state index contributed by atoms with van der Waals surface area (Å²) in [6.45, 7) is 0. The fourth-order valence-electron chi connectivity index (χ4n) is 11.9. The Morgan fingerprint density at radius 2 is 0.982 bits per heavy atom. The molecule has 4 fully saturated rings. The van der Waals surface area contributed by atoms with Gasteiger partial charge in [-0.1, -0.05) is 152 Å². The standard InChI is InChI=1S/C53H41N3/c1-3-12-35(13-4-1)38-17-11-18-40(31-38)51-54-50(37-15-5-2-6-16-37)55-52(56-51)45-21-10-9-19-43(45)39-22-24-46-48(32-39)53(41-27-33-26-34(29-41)30-42(53)28-33)47-25-23-36-14-7-8-20-44(36)49(46)47/h1-25,31-34,41-42H,26-30H2. The summed E-state index contributed by atoms with van der Waals surface area (Å²) in [5.74, 6) is 5.21. The maximum Gasteiger partial charge on any atom is 0.164 e. The number of hydrogen-bond acceptors (Lipinski definition) is 3. The Morgan fingerprint density at radius 1 is 0.375 bits per heavy atom. The van der Waals surface area contributed by atoms with E-state index in [0.29, 0.717) is 29.3 Å². The highest BCUT2D eigenvalue weighted by Crippen LogP contribution is 2.70. The van der Waals surface area contributed by atoms with Crippen LogP contribution in [0.2, 0.25) is 0 Å². The molecular formula is C53H41N3. The average Bonchev–Trinajstić information content (AvgIpc) is 3.56. The largest absolute Gasteiger partial charge is 0.208 e. The fraction of sp³-hybridized carbons (Fsp3) is 0.189. The molecule has 0 saturated heterocycles. The lowest BCUT2D eigenvalue weighted by Gasteiger charge is -2.61. The first kappa shape index (κ1) is 32.1. The maximum absolute atomic E-state index is 5.28. The van der Waals surface area contributed by atoms with Crippen LogP contribution in [0.15, 0.2) is 164 Å². The molecule has 7 aromatic carbocycles. The van der Waals surface area contributed by atoms with E-state index in [1.165, 1.54) is 65.1 Å². The fourth-order valence-corrected chi connectivity index (χ4v) is 11.9. The maximum atomic E-state index is 5.28. The molecule has 268 valence electrons. The Bertz CT molecular complexity index is 2790. The molecule has 13 rings (SSSR count). The quantitative estimate of drug-likeness (QED) is 0.178. The molecule has 0 N–H and O–H groups in total. The molecular weight excluding hydrogens is 679 g/mol. The van der Waals surface area contributed by atoms with Gasteiger partial charge < -0.3 is 0 Å². The molecule has 0 aliphatic heterocycles. The van der Waals surface area contributed by atoms with E-state index in [1.807, 2.05) is 18.2 Å². The van der Waals surface area contributed by atoms with E-state index < -0.39 is 0 Å². The van der Waals surface area contributed by atoms with Gasteiger partial charge in [-0.15, -0.1) is 0 Å². The van der Waals surface area contributed by atoms with Crippen molar-refractivity contribution in [2.45, 2.75) is 37.5 Å². The van der Waals surface area contributed by atoms with Gasteiger partial charge in [0.1, 0.15) is 0 Å². The van der Waals surface area contributed by atoms with Crippen molar-refractivity contribution in [3.8, 4) is 67.5 Å². The van der Waals surface area contributed by atoms with Gasteiger partial charge in [0.2, 0.25) is 0 Å². The van der Waals surface area contributed by atoms with Crippen molar-refractivity contribution in [2.24, 2.45) is 23.7 Å². The lowest BCUT2D eigenvalue weighted by Crippen LogP contribution is -2.55.